The van der Waals surface area contributed by atoms with E-state index in [0.29, 0.717) is 5.56 Å². The second-order valence-corrected chi connectivity index (χ2v) is 3.91. The average Bonchev–Trinajstić information content (AvgIpc) is 2.45. The van der Waals surface area contributed by atoms with Gasteiger partial charge in [-0.25, -0.2) is 4.79 Å². The molecule has 0 radical (unpaired) electrons. The van der Waals surface area contributed by atoms with Gasteiger partial charge in [0.15, 0.2) is 0 Å². The third kappa shape index (κ3) is 2.63. The largest absolute Gasteiger partial charge is 0.507 e. The van der Waals surface area contributed by atoms with Crippen LogP contribution in [-0.4, -0.2) is 24.0 Å². The molecular weight excluding hydrogens is 244 g/mol. The lowest BCUT2D eigenvalue weighted by Crippen LogP contribution is -2.13. The van der Waals surface area contributed by atoms with Gasteiger partial charge in [0.25, 0.3) is 5.78 Å². The highest BCUT2D eigenvalue weighted by Gasteiger charge is 2.13. The Morgan fingerprint density at radius 2 is 1.79 bits per heavy atom. The van der Waals surface area contributed by atoms with Crippen LogP contribution in [0.15, 0.2) is 48.5 Å². The molecule has 2 aromatic carbocycles. The molecule has 0 atom stereocenters. The molecule has 0 saturated heterocycles. The fourth-order valence-electron chi connectivity index (χ4n) is 1.81. The number of aliphatic hydroxyl groups excluding tert-OH is 1. The van der Waals surface area contributed by atoms with Crippen LogP contribution in [0.2, 0.25) is 0 Å². The van der Waals surface area contributed by atoms with E-state index >= 15 is 0 Å². The van der Waals surface area contributed by atoms with E-state index in [1.165, 1.54) is 0 Å². The zero-order valence-electron chi connectivity index (χ0n) is 10.3. The van der Waals surface area contributed by atoms with E-state index in [1.54, 1.807) is 12.1 Å². The van der Waals surface area contributed by atoms with E-state index in [1.807, 2.05) is 30.3 Å². The fourth-order valence-corrected chi connectivity index (χ4v) is 1.81. The summed E-state index contributed by atoms with van der Waals surface area (Å²) in [5, 5.41) is 11.7. The van der Waals surface area contributed by atoms with Crippen molar-refractivity contribution in [3.8, 4) is 0 Å². The number of aliphatic hydroxyl groups is 1. The summed E-state index contributed by atoms with van der Waals surface area (Å²) in [6.45, 7) is 0. The number of ketones is 1. The molecule has 2 aromatic rings. The van der Waals surface area contributed by atoms with Gasteiger partial charge in [0.05, 0.1) is 7.11 Å². The molecule has 0 aliphatic heterocycles. The number of fused-ring (bicyclic) bond motifs is 1. The first-order valence-corrected chi connectivity index (χ1v) is 5.64. The van der Waals surface area contributed by atoms with E-state index in [2.05, 4.69) is 4.74 Å². The molecule has 0 aliphatic rings. The summed E-state index contributed by atoms with van der Waals surface area (Å²) in [6.07, 6.45) is 0.869. The molecule has 1 N–H and O–H groups in total. The van der Waals surface area contributed by atoms with Crippen molar-refractivity contribution in [2.24, 2.45) is 0 Å². The molecule has 0 fully saturated rings. The number of hydrogen-bond donors (Lipinski definition) is 1. The van der Waals surface area contributed by atoms with Crippen molar-refractivity contribution in [1.82, 2.24) is 0 Å². The fraction of sp³-hybridized carbons (Fsp3) is 0.0667. The number of carbonyl (C=O) groups excluding carboxylic acids is 2. The van der Waals surface area contributed by atoms with E-state index < -0.39 is 11.8 Å². The SMILES string of the molecule is COC(=O)C(=O)/C=C(\O)c1cccc2ccccc12. The molecule has 0 bridgehead atoms. The van der Waals surface area contributed by atoms with Gasteiger partial charge in [0.2, 0.25) is 0 Å². The Morgan fingerprint density at radius 1 is 1.11 bits per heavy atom. The normalized spacial score (nSPS) is 11.3. The van der Waals surface area contributed by atoms with E-state index in [0.717, 1.165) is 24.0 Å². The zero-order chi connectivity index (χ0) is 13.8. The Kier molecular flexibility index (Phi) is 3.61. The lowest BCUT2D eigenvalue weighted by molar-refractivity contribution is -0.149. The molecule has 4 nitrogen and oxygen atoms in total. The van der Waals surface area contributed by atoms with Crippen molar-refractivity contribution in [1.29, 1.82) is 0 Å². The summed E-state index contributed by atoms with van der Waals surface area (Å²) in [6, 6.07) is 12.8. The molecule has 0 aliphatic carbocycles. The molecule has 96 valence electrons. The van der Waals surface area contributed by atoms with Crippen molar-refractivity contribution in [2.75, 3.05) is 7.11 Å². The quantitative estimate of drug-likeness (QED) is 0.396. The number of rotatable bonds is 3. The standard InChI is InChI=1S/C15H12O4/c1-19-15(18)14(17)9-13(16)12-8-4-6-10-5-2-3-7-11(10)12/h2-9,16H,1H3/b13-9-. The van der Waals surface area contributed by atoms with Crippen LogP contribution >= 0.6 is 0 Å². The Morgan fingerprint density at radius 3 is 2.53 bits per heavy atom. The molecule has 0 spiro atoms. The maximum absolute atomic E-state index is 11.4. The Labute approximate surface area is 109 Å². The van der Waals surface area contributed by atoms with Crippen molar-refractivity contribution in [2.45, 2.75) is 0 Å². The third-order valence-electron chi connectivity index (χ3n) is 2.72. The smallest absolute Gasteiger partial charge is 0.378 e. The highest BCUT2D eigenvalue weighted by atomic mass is 16.5. The number of hydrogen-bond acceptors (Lipinski definition) is 4. The topological polar surface area (TPSA) is 63.6 Å². The van der Waals surface area contributed by atoms with Gasteiger partial charge in [-0.15, -0.1) is 0 Å². The minimum Gasteiger partial charge on any atom is -0.507 e. The second kappa shape index (κ2) is 5.35. The summed E-state index contributed by atoms with van der Waals surface area (Å²) < 4.78 is 4.29. The molecular formula is C15H12O4. The Hall–Kier alpha value is -2.62. The summed E-state index contributed by atoms with van der Waals surface area (Å²) >= 11 is 0. The molecule has 19 heavy (non-hydrogen) atoms. The van der Waals surface area contributed by atoms with Crippen molar-refractivity contribution in [3.63, 3.8) is 0 Å². The highest BCUT2D eigenvalue weighted by Crippen LogP contribution is 2.23. The summed E-state index contributed by atoms with van der Waals surface area (Å²) in [5.74, 6) is -2.16. The predicted molar refractivity (Wildman–Crippen MR) is 71.6 cm³/mol. The summed E-state index contributed by atoms with van der Waals surface area (Å²) in [7, 11) is 1.11. The molecule has 0 aromatic heterocycles. The van der Waals surface area contributed by atoms with Gasteiger partial charge in [0.1, 0.15) is 5.76 Å². The molecule has 0 heterocycles. The van der Waals surface area contributed by atoms with E-state index in [4.69, 9.17) is 0 Å². The summed E-state index contributed by atoms with van der Waals surface area (Å²) in [5.41, 5.74) is 0.496. The minimum atomic E-state index is -1.01. The number of benzene rings is 2. The van der Waals surface area contributed by atoms with Gasteiger partial charge in [-0.05, 0) is 10.8 Å². The van der Waals surface area contributed by atoms with Crippen LogP contribution in [-0.2, 0) is 14.3 Å². The maximum Gasteiger partial charge on any atom is 0.378 e. The van der Waals surface area contributed by atoms with Crippen LogP contribution in [0.3, 0.4) is 0 Å². The molecule has 4 heteroatoms. The Balaban J connectivity index is 2.47. The lowest BCUT2D eigenvalue weighted by atomic mass is 10.0. The molecule has 0 unspecified atom stereocenters. The number of carbonyl (C=O) groups is 2. The van der Waals surface area contributed by atoms with Crippen LogP contribution < -0.4 is 0 Å². The van der Waals surface area contributed by atoms with Crippen molar-refractivity contribution in [3.05, 3.63) is 54.1 Å². The maximum atomic E-state index is 11.4. The Bertz CT molecular complexity index is 665. The number of ether oxygens (including phenoxy) is 1. The number of methoxy groups -OCH3 is 1. The zero-order valence-corrected chi connectivity index (χ0v) is 10.3. The molecule has 2 rings (SSSR count). The van der Waals surface area contributed by atoms with Crippen molar-refractivity contribution < 1.29 is 19.4 Å². The van der Waals surface area contributed by atoms with E-state index in [-0.39, 0.29) is 5.76 Å². The first-order chi connectivity index (χ1) is 9.13. The highest BCUT2D eigenvalue weighted by molar-refractivity contribution is 6.39. The van der Waals surface area contributed by atoms with Gasteiger partial charge in [-0.1, -0.05) is 42.5 Å². The molecule has 0 saturated carbocycles. The second-order valence-electron chi connectivity index (χ2n) is 3.91. The van der Waals surface area contributed by atoms with Gasteiger partial charge in [-0.3, -0.25) is 4.79 Å². The van der Waals surface area contributed by atoms with Gasteiger partial charge >= 0.3 is 5.97 Å². The predicted octanol–water partition coefficient (Wildman–Crippen LogP) is 2.48. The van der Waals surface area contributed by atoms with Gasteiger partial charge < -0.3 is 9.84 Å². The van der Waals surface area contributed by atoms with Crippen LogP contribution in [0, 0.1) is 0 Å². The van der Waals surface area contributed by atoms with Crippen LogP contribution in [0.4, 0.5) is 0 Å². The third-order valence-corrected chi connectivity index (χ3v) is 2.72. The van der Waals surface area contributed by atoms with Crippen LogP contribution in [0.25, 0.3) is 16.5 Å². The number of esters is 1. The lowest BCUT2D eigenvalue weighted by Gasteiger charge is -2.05. The first kappa shape index (κ1) is 12.8. The average molecular weight is 256 g/mol. The summed E-state index contributed by atoms with van der Waals surface area (Å²) in [4.78, 5) is 22.4. The molecule has 0 amide bonds. The van der Waals surface area contributed by atoms with E-state index in [9.17, 15) is 14.7 Å². The van der Waals surface area contributed by atoms with Crippen LogP contribution in [0.5, 0.6) is 0 Å². The monoisotopic (exact) mass is 256 g/mol. The van der Waals surface area contributed by atoms with Gasteiger partial charge in [-0.2, -0.15) is 0 Å². The van der Waals surface area contributed by atoms with Crippen LogP contribution in [0.1, 0.15) is 5.56 Å². The minimum absolute atomic E-state index is 0.257. The van der Waals surface area contributed by atoms with Gasteiger partial charge in [0, 0.05) is 11.6 Å². The first-order valence-electron chi connectivity index (χ1n) is 5.64. The van der Waals surface area contributed by atoms with Crippen molar-refractivity contribution >= 4 is 28.3 Å².